The van der Waals surface area contributed by atoms with Gasteiger partial charge in [-0.15, -0.1) is 11.3 Å². The number of benzene rings is 2. The maximum absolute atomic E-state index is 12.5. The van der Waals surface area contributed by atoms with E-state index in [-0.39, 0.29) is 35.1 Å². The van der Waals surface area contributed by atoms with Gasteiger partial charge in [-0.3, -0.25) is 19.6 Å². The van der Waals surface area contributed by atoms with E-state index in [4.69, 9.17) is 4.74 Å². The van der Waals surface area contributed by atoms with Crippen molar-refractivity contribution in [1.29, 1.82) is 0 Å². The van der Waals surface area contributed by atoms with Crippen molar-refractivity contribution in [2.45, 2.75) is 18.2 Å². The van der Waals surface area contributed by atoms with Gasteiger partial charge >= 0.3 is 5.97 Å². The van der Waals surface area contributed by atoms with Crippen molar-refractivity contribution in [3.05, 3.63) is 71.2 Å². The second-order valence-electron chi connectivity index (χ2n) is 6.08. The van der Waals surface area contributed by atoms with Crippen molar-refractivity contribution >= 4 is 44.1 Å². The summed E-state index contributed by atoms with van der Waals surface area (Å²) in [6.07, 6.45) is 0.0248. The highest BCUT2D eigenvalue weighted by Gasteiger charge is 2.16. The van der Waals surface area contributed by atoms with Crippen LogP contribution >= 0.6 is 11.3 Å². The molecule has 1 heterocycles. The molecule has 0 spiro atoms. The fraction of sp³-hybridized carbons (Fsp3) is 0.150. The van der Waals surface area contributed by atoms with Crippen molar-refractivity contribution in [3.63, 3.8) is 0 Å². The van der Waals surface area contributed by atoms with Gasteiger partial charge in [0, 0.05) is 16.6 Å². The molecule has 0 aliphatic carbocycles. The highest BCUT2D eigenvalue weighted by molar-refractivity contribution is 7.92. The van der Waals surface area contributed by atoms with E-state index in [1.54, 1.807) is 48.7 Å². The van der Waals surface area contributed by atoms with E-state index >= 15 is 0 Å². The quantitative estimate of drug-likeness (QED) is 0.514. The molecule has 8 nitrogen and oxygen atoms in total. The minimum absolute atomic E-state index is 0.0248. The van der Waals surface area contributed by atoms with E-state index < -0.39 is 15.9 Å². The summed E-state index contributed by atoms with van der Waals surface area (Å²) in [6, 6.07) is 14.1. The summed E-state index contributed by atoms with van der Waals surface area (Å²) < 4.78 is 32.2. The molecule has 0 bridgehead atoms. The fourth-order valence-corrected chi connectivity index (χ4v) is 4.29. The predicted molar refractivity (Wildman–Crippen MR) is 114 cm³/mol. The summed E-state index contributed by atoms with van der Waals surface area (Å²) in [5.74, 6) is -0.841. The van der Waals surface area contributed by atoms with Crippen molar-refractivity contribution in [3.8, 4) is 0 Å². The van der Waals surface area contributed by atoms with Gasteiger partial charge in [0.15, 0.2) is 5.13 Å². The zero-order valence-corrected chi connectivity index (χ0v) is 17.6. The fourth-order valence-electron chi connectivity index (χ4n) is 2.51. The molecule has 156 valence electrons. The molecular formula is C20H19N3O5S2. The number of carbonyl (C=O) groups is 2. The first-order valence-corrected chi connectivity index (χ1v) is 11.3. The summed E-state index contributed by atoms with van der Waals surface area (Å²) in [6.45, 7) is 2.01. The molecule has 2 N–H and O–H groups in total. The zero-order chi connectivity index (χ0) is 21.6. The number of anilines is 2. The standard InChI is InChI=1S/C20H19N3O5S2/c1-2-28-18(24)12-16-13-29-20(21-16)22-19(25)14-7-6-8-15(11-14)23-30(26,27)17-9-4-3-5-10-17/h3-11,13,23H,2,12H2,1H3,(H,21,22,25). The average Bonchev–Trinajstić information content (AvgIpc) is 3.15. The third-order valence-corrected chi connectivity index (χ3v) is 6.04. The van der Waals surface area contributed by atoms with Crippen molar-refractivity contribution in [2.75, 3.05) is 16.6 Å². The maximum atomic E-state index is 12.5. The van der Waals surface area contributed by atoms with Crippen LogP contribution in [-0.2, 0) is 26.0 Å². The Hall–Kier alpha value is -3.24. The molecule has 0 saturated carbocycles. The van der Waals surface area contributed by atoms with Crippen LogP contribution in [0.15, 0.2) is 64.9 Å². The lowest BCUT2D eigenvalue weighted by atomic mass is 10.2. The van der Waals surface area contributed by atoms with Gasteiger partial charge in [0.1, 0.15) is 0 Å². The molecule has 0 aliphatic rings. The largest absolute Gasteiger partial charge is 0.466 e. The lowest BCUT2D eigenvalue weighted by molar-refractivity contribution is -0.142. The number of nitrogens with one attached hydrogen (secondary N) is 2. The summed E-state index contributed by atoms with van der Waals surface area (Å²) >= 11 is 1.18. The average molecular weight is 446 g/mol. The topological polar surface area (TPSA) is 114 Å². The van der Waals surface area contributed by atoms with Crippen LogP contribution in [0.4, 0.5) is 10.8 Å². The van der Waals surface area contributed by atoms with Crippen LogP contribution in [-0.4, -0.2) is 31.9 Å². The van der Waals surface area contributed by atoms with Gasteiger partial charge in [0.05, 0.1) is 23.6 Å². The third kappa shape index (κ3) is 5.65. The van der Waals surface area contributed by atoms with Gasteiger partial charge in [-0.05, 0) is 37.3 Å². The van der Waals surface area contributed by atoms with Crippen LogP contribution < -0.4 is 10.0 Å². The Kier molecular flexibility index (Phi) is 6.80. The second kappa shape index (κ2) is 9.51. The molecule has 30 heavy (non-hydrogen) atoms. The van der Waals surface area contributed by atoms with E-state index in [2.05, 4.69) is 15.0 Å². The zero-order valence-electron chi connectivity index (χ0n) is 16.0. The van der Waals surface area contributed by atoms with Crippen LogP contribution in [0.25, 0.3) is 0 Å². The molecule has 3 aromatic rings. The van der Waals surface area contributed by atoms with Gasteiger partial charge < -0.3 is 4.74 Å². The number of thiazole rings is 1. The number of aromatic nitrogens is 1. The molecule has 2 aromatic carbocycles. The van der Waals surface area contributed by atoms with Crippen molar-refractivity contribution in [1.82, 2.24) is 4.98 Å². The van der Waals surface area contributed by atoms with Crippen LogP contribution in [0.5, 0.6) is 0 Å². The number of amides is 1. The van der Waals surface area contributed by atoms with Crippen LogP contribution in [0, 0.1) is 0 Å². The Morgan fingerprint density at radius 2 is 1.87 bits per heavy atom. The number of sulfonamides is 1. The first kappa shape index (κ1) is 21.5. The van der Waals surface area contributed by atoms with E-state index in [9.17, 15) is 18.0 Å². The first-order chi connectivity index (χ1) is 14.4. The number of hydrogen-bond donors (Lipinski definition) is 2. The van der Waals surface area contributed by atoms with Crippen molar-refractivity contribution in [2.24, 2.45) is 0 Å². The number of hydrogen-bond acceptors (Lipinski definition) is 7. The summed E-state index contributed by atoms with van der Waals surface area (Å²) in [5.41, 5.74) is 1.01. The number of carbonyl (C=O) groups excluding carboxylic acids is 2. The number of esters is 1. The van der Waals surface area contributed by atoms with Gasteiger partial charge in [-0.1, -0.05) is 24.3 Å². The van der Waals surface area contributed by atoms with Crippen LogP contribution in [0.3, 0.4) is 0 Å². The van der Waals surface area contributed by atoms with Crippen LogP contribution in [0.2, 0.25) is 0 Å². The normalized spacial score (nSPS) is 11.0. The Balaban J connectivity index is 1.68. The van der Waals surface area contributed by atoms with Gasteiger partial charge in [-0.2, -0.15) is 0 Å². The Morgan fingerprint density at radius 3 is 2.60 bits per heavy atom. The number of ether oxygens (including phenoxy) is 1. The van der Waals surface area contributed by atoms with E-state index in [0.29, 0.717) is 10.8 Å². The molecule has 10 heteroatoms. The Morgan fingerprint density at radius 1 is 1.10 bits per heavy atom. The molecule has 3 rings (SSSR count). The van der Waals surface area contributed by atoms with Crippen molar-refractivity contribution < 1.29 is 22.7 Å². The van der Waals surface area contributed by atoms with Crippen LogP contribution in [0.1, 0.15) is 23.0 Å². The summed E-state index contributed by atoms with van der Waals surface area (Å²) in [4.78, 5) is 28.4. The summed E-state index contributed by atoms with van der Waals surface area (Å²) in [5, 5.41) is 4.64. The first-order valence-electron chi connectivity index (χ1n) is 8.96. The molecule has 1 amide bonds. The molecule has 0 aliphatic heterocycles. The van der Waals surface area contributed by atoms with Gasteiger partial charge in [-0.25, -0.2) is 13.4 Å². The lowest BCUT2D eigenvalue weighted by Gasteiger charge is -2.09. The minimum Gasteiger partial charge on any atom is -0.466 e. The highest BCUT2D eigenvalue weighted by atomic mass is 32.2. The van der Waals surface area contributed by atoms with Gasteiger partial charge in [0.25, 0.3) is 15.9 Å². The van der Waals surface area contributed by atoms with E-state index in [1.165, 1.54) is 29.5 Å². The maximum Gasteiger partial charge on any atom is 0.311 e. The Labute approximate surface area is 178 Å². The Bertz CT molecular complexity index is 1140. The second-order valence-corrected chi connectivity index (χ2v) is 8.62. The smallest absolute Gasteiger partial charge is 0.311 e. The lowest BCUT2D eigenvalue weighted by Crippen LogP contribution is -2.15. The molecule has 1 aromatic heterocycles. The molecule has 0 fully saturated rings. The van der Waals surface area contributed by atoms with E-state index in [1.807, 2.05) is 0 Å². The van der Waals surface area contributed by atoms with E-state index in [0.717, 1.165) is 0 Å². The third-order valence-electron chi connectivity index (χ3n) is 3.83. The molecule has 0 atom stereocenters. The monoisotopic (exact) mass is 445 g/mol. The predicted octanol–water partition coefficient (Wildman–Crippen LogP) is 3.30. The molecule has 0 radical (unpaired) electrons. The summed E-state index contributed by atoms with van der Waals surface area (Å²) in [7, 11) is -3.76. The minimum atomic E-state index is -3.76. The molecule has 0 unspecified atom stereocenters. The number of rotatable bonds is 8. The molecular weight excluding hydrogens is 426 g/mol. The SMILES string of the molecule is CCOC(=O)Cc1csc(NC(=O)c2cccc(NS(=O)(=O)c3ccccc3)c2)n1. The molecule has 0 saturated heterocycles. The number of nitrogens with zero attached hydrogens (tertiary/aromatic N) is 1. The highest BCUT2D eigenvalue weighted by Crippen LogP contribution is 2.20. The van der Waals surface area contributed by atoms with Gasteiger partial charge in [0.2, 0.25) is 0 Å².